The van der Waals surface area contributed by atoms with Crippen LogP contribution in [0.3, 0.4) is 0 Å². The minimum atomic E-state index is -0.299. The quantitative estimate of drug-likeness (QED) is 0.362. The highest BCUT2D eigenvalue weighted by molar-refractivity contribution is 5.91. The largest absolute Gasteiger partial charge is 0.373 e. The number of rotatable bonds is 10. The van der Waals surface area contributed by atoms with Gasteiger partial charge in [0.25, 0.3) is 0 Å². The molecule has 0 aliphatic carbocycles. The molecule has 1 fully saturated rings. The van der Waals surface area contributed by atoms with Gasteiger partial charge < -0.3 is 10.5 Å². The number of hydrogen-bond donors (Lipinski definition) is 1. The molecule has 0 spiro atoms. The van der Waals surface area contributed by atoms with Crippen LogP contribution in [0.1, 0.15) is 58.3 Å². The summed E-state index contributed by atoms with van der Waals surface area (Å²) < 4.78 is 5.17. The zero-order valence-corrected chi connectivity index (χ0v) is 10.9. The molecule has 0 bridgehead atoms. The molecule has 1 rings (SSSR count). The molecule has 17 heavy (non-hydrogen) atoms. The predicted octanol–water partition coefficient (Wildman–Crippen LogP) is 2.94. The van der Waals surface area contributed by atoms with Crippen molar-refractivity contribution in [3.63, 3.8) is 0 Å². The number of epoxide rings is 1. The van der Waals surface area contributed by atoms with Crippen LogP contribution in [0.4, 0.5) is 0 Å². The highest BCUT2D eigenvalue weighted by Crippen LogP contribution is 2.18. The van der Waals surface area contributed by atoms with Crippen molar-refractivity contribution in [2.75, 3.05) is 6.61 Å². The molecule has 98 valence electrons. The average molecular weight is 239 g/mol. The van der Waals surface area contributed by atoms with Crippen LogP contribution in [0.5, 0.6) is 0 Å². The highest BCUT2D eigenvalue weighted by Gasteiger charge is 2.20. The van der Waals surface area contributed by atoms with E-state index in [1.807, 2.05) is 6.08 Å². The molecule has 1 aliphatic heterocycles. The number of ether oxygens (including phenoxy) is 1. The van der Waals surface area contributed by atoms with E-state index < -0.39 is 0 Å². The third-order valence-corrected chi connectivity index (χ3v) is 3.22. The number of primary amides is 1. The van der Waals surface area contributed by atoms with Gasteiger partial charge >= 0.3 is 0 Å². The lowest BCUT2D eigenvalue weighted by Crippen LogP contribution is -2.11. The fourth-order valence-corrected chi connectivity index (χ4v) is 1.88. The first-order valence-corrected chi connectivity index (χ1v) is 6.78. The Balaban J connectivity index is 1.80. The summed E-state index contributed by atoms with van der Waals surface area (Å²) >= 11 is 0. The van der Waals surface area contributed by atoms with Crippen LogP contribution in [0.25, 0.3) is 0 Å². The third-order valence-electron chi connectivity index (χ3n) is 3.22. The zero-order chi connectivity index (χ0) is 12.5. The summed E-state index contributed by atoms with van der Waals surface area (Å²) in [5, 5.41) is 0. The molecule has 2 N–H and O–H groups in total. The van der Waals surface area contributed by atoms with E-state index in [9.17, 15) is 4.79 Å². The standard InChI is InChI=1S/C14H25NO2/c1-12(14(15)16)9-7-5-3-2-4-6-8-10-13-11-17-13/h9,13H,2-8,10-11H2,1H3,(H2,15,16). The molecule has 0 aromatic rings. The van der Waals surface area contributed by atoms with Gasteiger partial charge in [-0.3, -0.25) is 4.79 Å². The van der Waals surface area contributed by atoms with E-state index in [0.29, 0.717) is 11.7 Å². The van der Waals surface area contributed by atoms with Gasteiger partial charge in [0.15, 0.2) is 0 Å². The SMILES string of the molecule is CC(=CCCCCCCCCC1CO1)C(N)=O. The molecule has 0 saturated carbocycles. The van der Waals surface area contributed by atoms with Gasteiger partial charge in [0.05, 0.1) is 12.7 Å². The van der Waals surface area contributed by atoms with Gasteiger partial charge in [-0.2, -0.15) is 0 Å². The number of hydrogen-bond acceptors (Lipinski definition) is 2. The van der Waals surface area contributed by atoms with Crippen molar-refractivity contribution in [2.24, 2.45) is 5.73 Å². The molecular formula is C14H25NO2. The zero-order valence-electron chi connectivity index (χ0n) is 10.9. The van der Waals surface area contributed by atoms with Crippen molar-refractivity contribution in [3.8, 4) is 0 Å². The molecule has 3 heteroatoms. The minimum Gasteiger partial charge on any atom is -0.373 e. The molecule has 0 radical (unpaired) electrons. The highest BCUT2D eigenvalue weighted by atomic mass is 16.6. The van der Waals surface area contributed by atoms with E-state index >= 15 is 0 Å². The maximum absolute atomic E-state index is 10.7. The Morgan fingerprint density at radius 2 is 1.82 bits per heavy atom. The van der Waals surface area contributed by atoms with Crippen LogP contribution in [0.2, 0.25) is 0 Å². The van der Waals surface area contributed by atoms with Crippen molar-refractivity contribution in [1.29, 1.82) is 0 Å². The van der Waals surface area contributed by atoms with Crippen molar-refractivity contribution in [1.82, 2.24) is 0 Å². The molecule has 1 amide bonds. The number of nitrogens with two attached hydrogens (primary N) is 1. The van der Waals surface area contributed by atoms with Gasteiger partial charge in [0, 0.05) is 5.57 Å². The maximum Gasteiger partial charge on any atom is 0.244 e. The molecule has 1 atom stereocenters. The number of amides is 1. The van der Waals surface area contributed by atoms with Crippen LogP contribution in [-0.2, 0) is 9.53 Å². The smallest absolute Gasteiger partial charge is 0.244 e. The second kappa shape index (κ2) is 8.29. The lowest BCUT2D eigenvalue weighted by molar-refractivity contribution is -0.114. The Labute approximate surface area is 104 Å². The van der Waals surface area contributed by atoms with Crippen molar-refractivity contribution >= 4 is 5.91 Å². The second-order valence-electron chi connectivity index (χ2n) is 4.91. The first-order valence-electron chi connectivity index (χ1n) is 6.78. The summed E-state index contributed by atoms with van der Waals surface area (Å²) in [6.07, 6.45) is 12.5. The second-order valence-corrected chi connectivity index (χ2v) is 4.91. The molecule has 0 aromatic heterocycles. The lowest BCUT2D eigenvalue weighted by Gasteiger charge is -2.00. The van der Waals surface area contributed by atoms with Crippen molar-refractivity contribution < 1.29 is 9.53 Å². The molecule has 1 saturated heterocycles. The van der Waals surface area contributed by atoms with E-state index in [0.717, 1.165) is 19.4 Å². The van der Waals surface area contributed by atoms with Gasteiger partial charge in [0.2, 0.25) is 5.91 Å². The van der Waals surface area contributed by atoms with Gasteiger partial charge in [-0.05, 0) is 26.2 Å². The van der Waals surface area contributed by atoms with Crippen molar-refractivity contribution in [2.45, 2.75) is 64.4 Å². The summed E-state index contributed by atoms with van der Waals surface area (Å²) in [7, 11) is 0. The van der Waals surface area contributed by atoms with Gasteiger partial charge in [0.1, 0.15) is 0 Å². The van der Waals surface area contributed by atoms with Crippen LogP contribution < -0.4 is 5.73 Å². The number of allylic oxidation sites excluding steroid dienone is 1. The summed E-state index contributed by atoms with van der Waals surface area (Å²) in [4.78, 5) is 10.7. The number of carbonyl (C=O) groups is 1. The van der Waals surface area contributed by atoms with Crippen LogP contribution in [0, 0.1) is 0 Å². The first-order chi connectivity index (χ1) is 8.20. The molecular weight excluding hydrogens is 214 g/mol. The maximum atomic E-state index is 10.7. The van der Waals surface area contributed by atoms with Gasteiger partial charge in [-0.25, -0.2) is 0 Å². The van der Waals surface area contributed by atoms with E-state index in [2.05, 4.69) is 0 Å². The van der Waals surface area contributed by atoms with Crippen molar-refractivity contribution in [3.05, 3.63) is 11.6 Å². The fourth-order valence-electron chi connectivity index (χ4n) is 1.88. The monoisotopic (exact) mass is 239 g/mol. The summed E-state index contributed by atoms with van der Waals surface area (Å²) in [5.74, 6) is -0.299. The Bertz CT molecular complexity index is 257. The summed E-state index contributed by atoms with van der Waals surface area (Å²) in [5.41, 5.74) is 5.83. The Kier molecular flexibility index (Phi) is 6.94. The Hall–Kier alpha value is -0.830. The first kappa shape index (κ1) is 14.2. The predicted molar refractivity (Wildman–Crippen MR) is 69.6 cm³/mol. The third kappa shape index (κ3) is 7.97. The normalized spacial score (nSPS) is 19.4. The van der Waals surface area contributed by atoms with E-state index in [1.165, 1.54) is 38.5 Å². The number of unbranched alkanes of at least 4 members (excludes halogenated alkanes) is 6. The molecule has 0 aromatic carbocycles. The topological polar surface area (TPSA) is 55.6 Å². The minimum absolute atomic E-state index is 0.299. The Morgan fingerprint density at radius 3 is 2.41 bits per heavy atom. The molecule has 1 aliphatic rings. The van der Waals surface area contributed by atoms with Gasteiger partial charge in [-0.15, -0.1) is 0 Å². The molecule has 1 heterocycles. The Morgan fingerprint density at radius 1 is 1.24 bits per heavy atom. The van der Waals surface area contributed by atoms with E-state index in [-0.39, 0.29) is 5.91 Å². The van der Waals surface area contributed by atoms with Gasteiger partial charge in [-0.1, -0.05) is 38.2 Å². The lowest BCUT2D eigenvalue weighted by atomic mass is 10.1. The fraction of sp³-hybridized carbons (Fsp3) is 0.786. The average Bonchev–Trinajstić information content (AvgIpc) is 3.10. The van der Waals surface area contributed by atoms with Crippen LogP contribution in [0.15, 0.2) is 11.6 Å². The van der Waals surface area contributed by atoms with Crippen LogP contribution >= 0.6 is 0 Å². The van der Waals surface area contributed by atoms with E-state index in [4.69, 9.17) is 10.5 Å². The summed E-state index contributed by atoms with van der Waals surface area (Å²) in [6.45, 7) is 2.77. The van der Waals surface area contributed by atoms with E-state index in [1.54, 1.807) is 6.92 Å². The summed E-state index contributed by atoms with van der Waals surface area (Å²) in [6, 6.07) is 0. The number of carbonyl (C=O) groups excluding carboxylic acids is 1. The molecule has 3 nitrogen and oxygen atoms in total. The molecule has 1 unspecified atom stereocenters. The van der Waals surface area contributed by atoms with Crippen LogP contribution in [-0.4, -0.2) is 18.6 Å².